The van der Waals surface area contributed by atoms with Crippen LogP contribution in [0.1, 0.15) is 17.0 Å². The summed E-state index contributed by atoms with van der Waals surface area (Å²) in [6.45, 7) is -0.535. The zero-order chi connectivity index (χ0) is 23.6. The molecule has 0 bridgehead atoms. The first kappa shape index (κ1) is 22.3. The van der Waals surface area contributed by atoms with Crippen LogP contribution in [0.5, 0.6) is 0 Å². The van der Waals surface area contributed by atoms with E-state index in [0.29, 0.717) is 0 Å². The average molecular weight is 454 g/mol. The molecule has 2 atom stereocenters. The largest absolute Gasteiger partial charge is 0.481 e. The highest BCUT2D eigenvalue weighted by Crippen LogP contribution is 2.54. The molecule has 0 radical (unpaired) electrons. The molecule has 2 aromatic carbocycles. The molecule has 9 heteroatoms. The molecule has 33 heavy (non-hydrogen) atoms. The number of alkyl carbamates (subject to hydrolysis) is 1. The number of rotatable bonds is 6. The van der Waals surface area contributed by atoms with Crippen molar-refractivity contribution in [1.29, 1.82) is 0 Å². The SMILES string of the molecule is O=C(C#CCNC(=O)OCC1c2ccccc2-c2ccccc21)NCC1C(C(=O)O)C1(F)F. The first-order valence-electron chi connectivity index (χ1n) is 10.3. The Morgan fingerprint density at radius 2 is 1.61 bits per heavy atom. The van der Waals surface area contributed by atoms with Crippen molar-refractivity contribution in [1.82, 2.24) is 10.6 Å². The predicted molar refractivity (Wildman–Crippen MR) is 113 cm³/mol. The maximum Gasteiger partial charge on any atom is 0.407 e. The topological polar surface area (TPSA) is 105 Å². The molecule has 3 N–H and O–H groups in total. The monoisotopic (exact) mass is 454 g/mol. The highest BCUT2D eigenvalue weighted by molar-refractivity contribution is 5.93. The minimum Gasteiger partial charge on any atom is -0.481 e. The molecule has 0 aromatic heterocycles. The number of carbonyl (C=O) groups excluding carboxylic acids is 2. The number of fused-ring (bicyclic) bond motifs is 3. The number of carboxylic acids is 1. The van der Waals surface area contributed by atoms with Gasteiger partial charge >= 0.3 is 12.1 Å². The molecule has 2 amide bonds. The van der Waals surface area contributed by atoms with Crippen molar-refractivity contribution in [2.75, 3.05) is 19.7 Å². The van der Waals surface area contributed by atoms with Crippen LogP contribution in [0.25, 0.3) is 11.1 Å². The Morgan fingerprint density at radius 3 is 2.18 bits per heavy atom. The molecule has 7 nitrogen and oxygen atoms in total. The standard InChI is InChI=1S/C24H20F2N2O5/c25-24(26)19(21(24)22(30)31)12-28-20(29)10-5-11-27-23(32)33-13-18-16-8-3-1-6-14(16)15-7-2-4-9-17(15)18/h1-4,6-9,18-19,21H,11-13H2,(H,27,32)(H,28,29)(H,30,31). The van der Waals surface area contributed by atoms with Crippen LogP contribution in [0.3, 0.4) is 0 Å². The average Bonchev–Trinajstić information content (AvgIpc) is 3.21. The highest BCUT2D eigenvalue weighted by atomic mass is 19.3. The zero-order valence-corrected chi connectivity index (χ0v) is 17.3. The van der Waals surface area contributed by atoms with Crippen LogP contribution < -0.4 is 10.6 Å². The van der Waals surface area contributed by atoms with Crippen molar-refractivity contribution < 1.29 is 33.0 Å². The fraction of sp³-hybridized carbons (Fsp3) is 0.292. The summed E-state index contributed by atoms with van der Waals surface area (Å²) in [4.78, 5) is 34.3. The molecule has 0 saturated heterocycles. The minimum absolute atomic E-state index is 0.0878. The van der Waals surface area contributed by atoms with Crippen molar-refractivity contribution in [3.05, 3.63) is 59.7 Å². The van der Waals surface area contributed by atoms with Gasteiger partial charge in [0.25, 0.3) is 11.8 Å². The van der Waals surface area contributed by atoms with Crippen molar-refractivity contribution in [2.24, 2.45) is 11.8 Å². The van der Waals surface area contributed by atoms with E-state index in [-0.39, 0.29) is 19.1 Å². The van der Waals surface area contributed by atoms with Crippen LogP contribution in [-0.4, -0.2) is 48.7 Å². The first-order chi connectivity index (χ1) is 15.8. The lowest BCUT2D eigenvalue weighted by molar-refractivity contribution is -0.141. The van der Waals surface area contributed by atoms with Gasteiger partial charge in [-0.25, -0.2) is 13.6 Å². The molecule has 1 fully saturated rings. The quantitative estimate of drug-likeness (QED) is 0.582. The Balaban J connectivity index is 1.22. The second kappa shape index (κ2) is 8.90. The lowest BCUT2D eigenvalue weighted by Gasteiger charge is -2.14. The molecule has 2 unspecified atom stereocenters. The number of carboxylic acid groups (broad SMARTS) is 1. The number of ether oxygens (including phenoxy) is 1. The zero-order valence-electron chi connectivity index (χ0n) is 17.3. The summed E-state index contributed by atoms with van der Waals surface area (Å²) in [5.41, 5.74) is 4.37. The maximum absolute atomic E-state index is 13.3. The molecule has 170 valence electrons. The van der Waals surface area contributed by atoms with E-state index in [0.717, 1.165) is 22.3 Å². The molecule has 0 aliphatic heterocycles. The summed E-state index contributed by atoms with van der Waals surface area (Å²) in [6.07, 6.45) is -0.700. The Kier molecular flexibility index (Phi) is 6.01. The highest BCUT2D eigenvalue weighted by Gasteiger charge is 2.72. The van der Waals surface area contributed by atoms with E-state index >= 15 is 0 Å². The van der Waals surface area contributed by atoms with Gasteiger partial charge in [0.1, 0.15) is 12.5 Å². The van der Waals surface area contributed by atoms with Gasteiger partial charge in [0, 0.05) is 12.5 Å². The summed E-state index contributed by atoms with van der Waals surface area (Å²) >= 11 is 0. The fourth-order valence-electron chi connectivity index (χ4n) is 4.12. The number of amides is 2. The molecular formula is C24H20F2N2O5. The van der Waals surface area contributed by atoms with Crippen molar-refractivity contribution in [2.45, 2.75) is 11.8 Å². The van der Waals surface area contributed by atoms with E-state index in [9.17, 15) is 23.2 Å². The van der Waals surface area contributed by atoms with Gasteiger partial charge in [0.2, 0.25) is 0 Å². The summed E-state index contributed by atoms with van der Waals surface area (Å²) in [7, 11) is 0. The number of alkyl halides is 2. The molecule has 0 spiro atoms. The van der Waals surface area contributed by atoms with E-state index in [1.165, 1.54) is 0 Å². The number of aliphatic carboxylic acids is 1. The summed E-state index contributed by atoms with van der Waals surface area (Å²) in [5.74, 6) is -4.55. The van der Waals surface area contributed by atoms with Gasteiger partial charge in [0.05, 0.1) is 12.5 Å². The second-order valence-electron chi connectivity index (χ2n) is 7.79. The fourth-order valence-corrected chi connectivity index (χ4v) is 4.12. The van der Waals surface area contributed by atoms with Crippen molar-refractivity contribution >= 4 is 18.0 Å². The minimum atomic E-state index is -3.34. The third-order valence-electron chi connectivity index (χ3n) is 5.82. The van der Waals surface area contributed by atoms with Crippen molar-refractivity contribution in [3.63, 3.8) is 0 Å². The van der Waals surface area contributed by atoms with Gasteiger partial charge in [-0.3, -0.25) is 9.59 Å². The second-order valence-corrected chi connectivity index (χ2v) is 7.79. The third kappa shape index (κ3) is 4.51. The van der Waals surface area contributed by atoms with E-state index in [1.807, 2.05) is 48.5 Å². The van der Waals surface area contributed by atoms with Gasteiger partial charge in [-0.15, -0.1) is 0 Å². The number of halogens is 2. The van der Waals surface area contributed by atoms with Gasteiger partial charge in [0.15, 0.2) is 0 Å². The molecule has 4 rings (SSSR count). The molecule has 2 aliphatic rings. The molecule has 2 aromatic rings. The Labute approximate surface area is 188 Å². The first-order valence-corrected chi connectivity index (χ1v) is 10.3. The van der Waals surface area contributed by atoms with Gasteiger partial charge in [-0.2, -0.15) is 0 Å². The molecular weight excluding hydrogens is 434 g/mol. The molecule has 1 saturated carbocycles. The predicted octanol–water partition coefficient (Wildman–Crippen LogP) is 2.61. The number of nitrogens with one attached hydrogen (secondary N) is 2. The van der Waals surface area contributed by atoms with Crippen LogP contribution >= 0.6 is 0 Å². The van der Waals surface area contributed by atoms with Crippen LogP contribution in [0.4, 0.5) is 13.6 Å². The third-order valence-corrected chi connectivity index (χ3v) is 5.82. The number of hydrogen-bond acceptors (Lipinski definition) is 4. The van der Waals surface area contributed by atoms with E-state index in [2.05, 4.69) is 22.5 Å². The lowest BCUT2D eigenvalue weighted by atomic mass is 9.98. The van der Waals surface area contributed by atoms with Gasteiger partial charge in [-0.05, 0) is 28.2 Å². The van der Waals surface area contributed by atoms with Crippen LogP contribution in [0.15, 0.2) is 48.5 Å². The number of carbonyl (C=O) groups is 3. The summed E-state index contributed by atoms with van der Waals surface area (Å²) in [5, 5.41) is 13.3. The normalized spacial score (nSPS) is 19.3. The van der Waals surface area contributed by atoms with Gasteiger partial charge < -0.3 is 20.5 Å². The molecule has 0 heterocycles. The summed E-state index contributed by atoms with van der Waals surface area (Å²) < 4.78 is 31.9. The van der Waals surface area contributed by atoms with Crippen molar-refractivity contribution in [3.8, 4) is 23.0 Å². The molecule has 2 aliphatic carbocycles. The van der Waals surface area contributed by atoms with E-state index in [1.54, 1.807) is 0 Å². The van der Waals surface area contributed by atoms with Gasteiger partial charge in [-0.1, -0.05) is 54.5 Å². The maximum atomic E-state index is 13.3. The van der Waals surface area contributed by atoms with Crippen LogP contribution in [0, 0.1) is 23.7 Å². The lowest BCUT2D eigenvalue weighted by Crippen LogP contribution is -2.28. The number of benzene rings is 2. The number of hydrogen-bond donors (Lipinski definition) is 3. The Morgan fingerprint density at radius 1 is 1.00 bits per heavy atom. The summed E-state index contributed by atoms with van der Waals surface area (Å²) in [6, 6.07) is 15.8. The van der Waals surface area contributed by atoms with E-state index < -0.39 is 42.3 Å². The smallest absolute Gasteiger partial charge is 0.407 e. The Bertz CT molecular complexity index is 1130. The Hall–Kier alpha value is -3.93. The van der Waals surface area contributed by atoms with Crippen LogP contribution in [-0.2, 0) is 14.3 Å². The van der Waals surface area contributed by atoms with E-state index in [4.69, 9.17) is 9.84 Å². The van der Waals surface area contributed by atoms with Crippen LogP contribution in [0.2, 0.25) is 0 Å².